The molecule has 0 aromatic rings. The standard InChI is InChI=1S/C19H35NO5.C2H6O2/c1-2-3-4-5-6-7-8-9-10-11-12-13-14-17(21)20-16(19(24)25)15-18(22)23;3-1-2-4/h16H,2-15H2,1H3,(H,20,21)(H,22,23)(H,24,25);3-4H,1-2H2/t16-;/m0./s1. The molecule has 0 saturated heterocycles. The molecule has 0 aliphatic carbocycles. The molecular weight excluding hydrogens is 378 g/mol. The van der Waals surface area contributed by atoms with Crippen molar-refractivity contribution in [3.63, 3.8) is 0 Å². The van der Waals surface area contributed by atoms with Gasteiger partial charge in [-0.2, -0.15) is 0 Å². The summed E-state index contributed by atoms with van der Waals surface area (Å²) in [5.41, 5.74) is 0. The maximum absolute atomic E-state index is 11.7. The summed E-state index contributed by atoms with van der Waals surface area (Å²) in [5, 5.41) is 35.0. The number of hydrogen-bond acceptors (Lipinski definition) is 5. The molecule has 0 aromatic heterocycles. The fraction of sp³-hybridized carbons (Fsp3) is 0.857. The normalized spacial score (nSPS) is 11.3. The monoisotopic (exact) mass is 419 g/mol. The minimum atomic E-state index is -1.35. The summed E-state index contributed by atoms with van der Waals surface area (Å²) in [6, 6.07) is -1.35. The smallest absolute Gasteiger partial charge is 0.326 e. The van der Waals surface area contributed by atoms with Crippen molar-refractivity contribution in [2.24, 2.45) is 0 Å². The lowest BCUT2D eigenvalue weighted by Gasteiger charge is -2.12. The molecule has 0 fully saturated rings. The van der Waals surface area contributed by atoms with Crippen molar-refractivity contribution < 1.29 is 34.8 Å². The number of aliphatic hydroxyl groups is 2. The van der Waals surface area contributed by atoms with Gasteiger partial charge < -0.3 is 25.7 Å². The molecule has 1 amide bonds. The summed E-state index contributed by atoms with van der Waals surface area (Å²) in [4.78, 5) is 33.1. The van der Waals surface area contributed by atoms with Gasteiger partial charge in [-0.05, 0) is 6.42 Å². The topological polar surface area (TPSA) is 144 Å². The zero-order valence-electron chi connectivity index (χ0n) is 17.9. The van der Waals surface area contributed by atoms with Crippen LogP contribution in [-0.2, 0) is 14.4 Å². The van der Waals surface area contributed by atoms with Gasteiger partial charge >= 0.3 is 11.9 Å². The van der Waals surface area contributed by atoms with Crippen LogP contribution >= 0.6 is 0 Å². The van der Waals surface area contributed by atoms with Crippen molar-refractivity contribution in [2.75, 3.05) is 13.2 Å². The Morgan fingerprint density at radius 3 is 1.48 bits per heavy atom. The highest BCUT2D eigenvalue weighted by molar-refractivity contribution is 5.86. The average Bonchev–Trinajstić information content (AvgIpc) is 2.68. The van der Waals surface area contributed by atoms with Crippen LogP contribution in [0.15, 0.2) is 0 Å². The molecule has 0 spiro atoms. The Balaban J connectivity index is 0. The van der Waals surface area contributed by atoms with Gasteiger partial charge in [0.25, 0.3) is 0 Å². The number of carboxylic acids is 2. The summed E-state index contributed by atoms with van der Waals surface area (Å²) >= 11 is 0. The summed E-state index contributed by atoms with van der Waals surface area (Å²) in [6.07, 6.45) is 14.1. The first-order chi connectivity index (χ1) is 13.9. The largest absolute Gasteiger partial charge is 0.481 e. The first-order valence-corrected chi connectivity index (χ1v) is 10.8. The Kier molecular flexibility index (Phi) is 23.0. The Morgan fingerprint density at radius 1 is 0.724 bits per heavy atom. The predicted molar refractivity (Wildman–Crippen MR) is 112 cm³/mol. The van der Waals surface area contributed by atoms with Gasteiger partial charge in [-0.1, -0.05) is 77.6 Å². The lowest BCUT2D eigenvalue weighted by atomic mass is 10.0. The van der Waals surface area contributed by atoms with Crippen LogP contribution in [0.4, 0.5) is 0 Å². The van der Waals surface area contributed by atoms with Gasteiger partial charge in [0, 0.05) is 6.42 Å². The highest BCUT2D eigenvalue weighted by Crippen LogP contribution is 2.12. The molecule has 0 bridgehead atoms. The van der Waals surface area contributed by atoms with E-state index in [0.29, 0.717) is 6.42 Å². The van der Waals surface area contributed by atoms with Crippen molar-refractivity contribution in [2.45, 2.75) is 103 Å². The Hall–Kier alpha value is -1.67. The van der Waals surface area contributed by atoms with Crippen LogP contribution in [0.25, 0.3) is 0 Å². The molecule has 1 atom stereocenters. The van der Waals surface area contributed by atoms with Crippen molar-refractivity contribution in [3.8, 4) is 0 Å². The van der Waals surface area contributed by atoms with E-state index >= 15 is 0 Å². The first kappa shape index (κ1) is 29.5. The Labute approximate surface area is 174 Å². The van der Waals surface area contributed by atoms with E-state index in [1.54, 1.807) is 0 Å². The lowest BCUT2D eigenvalue weighted by molar-refractivity contribution is -0.147. The average molecular weight is 420 g/mol. The fourth-order valence-corrected chi connectivity index (χ4v) is 2.77. The third-order valence-electron chi connectivity index (χ3n) is 4.37. The molecule has 5 N–H and O–H groups in total. The summed E-state index contributed by atoms with van der Waals surface area (Å²) in [5.74, 6) is -2.94. The van der Waals surface area contributed by atoms with Gasteiger partial charge in [0.05, 0.1) is 19.6 Å². The van der Waals surface area contributed by atoms with Gasteiger partial charge in [0.1, 0.15) is 6.04 Å². The zero-order chi connectivity index (χ0) is 22.3. The quantitative estimate of drug-likeness (QED) is 0.215. The van der Waals surface area contributed by atoms with Gasteiger partial charge in [-0.15, -0.1) is 0 Å². The molecule has 0 unspecified atom stereocenters. The summed E-state index contributed by atoms with van der Waals surface area (Å²) in [6.45, 7) is 1.98. The SMILES string of the molecule is CCCCCCCCCCCCCCC(=O)N[C@@H](CC(=O)O)C(=O)O.OCCO. The van der Waals surface area contributed by atoms with Crippen LogP contribution in [0.3, 0.4) is 0 Å². The number of nitrogens with one attached hydrogen (secondary N) is 1. The maximum atomic E-state index is 11.7. The second-order valence-corrected chi connectivity index (χ2v) is 7.14. The van der Waals surface area contributed by atoms with Crippen LogP contribution in [0.5, 0.6) is 0 Å². The molecule has 8 nitrogen and oxygen atoms in total. The molecule has 0 aliphatic heterocycles. The van der Waals surface area contributed by atoms with E-state index in [9.17, 15) is 14.4 Å². The number of carbonyl (C=O) groups is 3. The Bertz CT molecular complexity index is 414. The second kappa shape index (κ2) is 22.6. The molecule has 172 valence electrons. The number of carboxylic acid groups (broad SMARTS) is 2. The Morgan fingerprint density at radius 2 is 1.14 bits per heavy atom. The molecule has 0 heterocycles. The van der Waals surface area contributed by atoms with Crippen molar-refractivity contribution >= 4 is 17.8 Å². The van der Waals surface area contributed by atoms with Gasteiger partial charge in [0.15, 0.2) is 0 Å². The highest BCUT2D eigenvalue weighted by Gasteiger charge is 2.22. The maximum Gasteiger partial charge on any atom is 0.326 e. The minimum Gasteiger partial charge on any atom is -0.481 e. The molecule has 8 heteroatoms. The number of aliphatic carboxylic acids is 2. The molecule has 29 heavy (non-hydrogen) atoms. The van der Waals surface area contributed by atoms with Gasteiger partial charge in [-0.25, -0.2) is 4.79 Å². The van der Waals surface area contributed by atoms with Crippen molar-refractivity contribution in [1.29, 1.82) is 0 Å². The van der Waals surface area contributed by atoms with Crippen LogP contribution in [0.1, 0.15) is 96.8 Å². The first-order valence-electron chi connectivity index (χ1n) is 10.8. The number of unbranched alkanes of at least 4 members (excludes halogenated alkanes) is 11. The van der Waals surface area contributed by atoms with Crippen LogP contribution < -0.4 is 5.32 Å². The van der Waals surface area contributed by atoms with E-state index in [1.807, 2.05) is 0 Å². The van der Waals surface area contributed by atoms with Crippen LogP contribution in [-0.4, -0.2) is 57.5 Å². The van der Waals surface area contributed by atoms with Crippen molar-refractivity contribution in [3.05, 3.63) is 0 Å². The van der Waals surface area contributed by atoms with Crippen LogP contribution in [0, 0.1) is 0 Å². The molecule has 0 aliphatic rings. The van der Waals surface area contributed by atoms with E-state index in [0.717, 1.165) is 12.8 Å². The lowest BCUT2D eigenvalue weighted by Crippen LogP contribution is -2.42. The van der Waals surface area contributed by atoms with Gasteiger partial charge in [-0.3, -0.25) is 9.59 Å². The number of amides is 1. The third kappa shape index (κ3) is 24.3. The van der Waals surface area contributed by atoms with E-state index in [4.69, 9.17) is 20.4 Å². The second-order valence-electron chi connectivity index (χ2n) is 7.14. The number of hydrogen-bond donors (Lipinski definition) is 5. The molecule has 0 aromatic carbocycles. The summed E-state index contributed by atoms with van der Waals surface area (Å²) < 4.78 is 0. The number of carbonyl (C=O) groups excluding carboxylic acids is 1. The minimum absolute atomic E-state index is 0.125. The zero-order valence-corrected chi connectivity index (χ0v) is 17.9. The molecule has 0 rings (SSSR count). The fourth-order valence-electron chi connectivity index (χ4n) is 2.77. The number of aliphatic hydroxyl groups excluding tert-OH is 2. The summed E-state index contributed by atoms with van der Waals surface area (Å²) in [7, 11) is 0. The molecular formula is C21H41NO7. The van der Waals surface area contributed by atoms with E-state index in [2.05, 4.69) is 12.2 Å². The van der Waals surface area contributed by atoms with Gasteiger partial charge in [0.2, 0.25) is 5.91 Å². The third-order valence-corrected chi connectivity index (χ3v) is 4.37. The molecule has 0 saturated carbocycles. The predicted octanol–water partition coefficient (Wildman–Crippen LogP) is 3.09. The van der Waals surface area contributed by atoms with Crippen molar-refractivity contribution in [1.82, 2.24) is 5.32 Å². The molecule has 0 radical (unpaired) electrons. The van der Waals surface area contributed by atoms with Crippen LogP contribution in [0.2, 0.25) is 0 Å². The highest BCUT2D eigenvalue weighted by atomic mass is 16.4. The van der Waals surface area contributed by atoms with E-state index in [-0.39, 0.29) is 25.5 Å². The van der Waals surface area contributed by atoms with E-state index < -0.39 is 24.4 Å². The van der Waals surface area contributed by atoms with E-state index in [1.165, 1.54) is 57.8 Å². The number of rotatable bonds is 18.